The van der Waals surface area contributed by atoms with E-state index in [1.807, 2.05) is 42.3 Å². The highest BCUT2D eigenvalue weighted by atomic mass is 32.1. The van der Waals surface area contributed by atoms with Gasteiger partial charge in [-0.3, -0.25) is 9.78 Å². The molecule has 0 N–H and O–H groups in total. The number of fused-ring (bicyclic) bond motifs is 1. The fourth-order valence-corrected chi connectivity index (χ4v) is 4.01. The summed E-state index contributed by atoms with van der Waals surface area (Å²) in [5.74, 6) is 1.36. The van der Waals surface area contributed by atoms with E-state index < -0.39 is 0 Å². The number of nitrogens with zero attached hydrogens (tertiary/aromatic N) is 5. The van der Waals surface area contributed by atoms with Crippen LogP contribution < -0.4 is 4.90 Å². The average Bonchev–Trinajstić information content (AvgIpc) is 3.18. The van der Waals surface area contributed by atoms with Crippen LogP contribution in [-0.4, -0.2) is 53.4 Å². The van der Waals surface area contributed by atoms with Crippen molar-refractivity contribution in [1.82, 2.24) is 19.9 Å². The van der Waals surface area contributed by atoms with Gasteiger partial charge in [-0.25, -0.2) is 9.97 Å². The van der Waals surface area contributed by atoms with Crippen molar-refractivity contribution in [1.29, 1.82) is 0 Å². The number of amides is 1. The molecule has 7 heteroatoms. The standard InChI is InChI=1S/C22H21N5OS/c1-26(2)18(28)13-27(3)21-19-17(15-8-5-4-6-9-15)14-29-22(19)25-20(24-21)16-10-7-11-23-12-16/h4-12,14H,13H2,1-3H3. The summed E-state index contributed by atoms with van der Waals surface area (Å²) in [6, 6.07) is 14.0. The van der Waals surface area contributed by atoms with Crippen LogP contribution in [0.1, 0.15) is 0 Å². The molecular weight excluding hydrogens is 382 g/mol. The minimum absolute atomic E-state index is 0.0127. The molecule has 4 rings (SSSR count). The summed E-state index contributed by atoms with van der Waals surface area (Å²) in [4.78, 5) is 30.5. The lowest BCUT2D eigenvalue weighted by Crippen LogP contribution is -2.34. The lowest BCUT2D eigenvalue weighted by Gasteiger charge is -2.22. The molecule has 1 amide bonds. The van der Waals surface area contributed by atoms with E-state index in [0.29, 0.717) is 5.82 Å². The quantitative estimate of drug-likeness (QED) is 0.505. The molecule has 1 aromatic carbocycles. The number of carbonyl (C=O) groups excluding carboxylic acids is 1. The molecule has 0 unspecified atom stereocenters. The molecule has 0 aliphatic rings. The molecule has 6 nitrogen and oxygen atoms in total. The summed E-state index contributed by atoms with van der Waals surface area (Å²) in [7, 11) is 5.40. The number of carbonyl (C=O) groups is 1. The minimum atomic E-state index is 0.0127. The van der Waals surface area contributed by atoms with E-state index in [2.05, 4.69) is 22.5 Å². The maximum atomic E-state index is 12.3. The Balaban J connectivity index is 1.90. The summed E-state index contributed by atoms with van der Waals surface area (Å²) < 4.78 is 0. The van der Waals surface area contributed by atoms with Crippen molar-refractivity contribution in [2.75, 3.05) is 32.6 Å². The Morgan fingerprint density at radius 2 is 1.76 bits per heavy atom. The molecule has 146 valence electrons. The summed E-state index contributed by atoms with van der Waals surface area (Å²) in [5.41, 5.74) is 3.02. The van der Waals surface area contributed by atoms with E-state index in [0.717, 1.165) is 32.7 Å². The van der Waals surface area contributed by atoms with E-state index in [4.69, 9.17) is 9.97 Å². The van der Waals surface area contributed by atoms with Crippen molar-refractivity contribution in [2.45, 2.75) is 0 Å². The second-order valence-electron chi connectivity index (χ2n) is 6.95. The van der Waals surface area contributed by atoms with E-state index in [9.17, 15) is 4.79 Å². The van der Waals surface area contributed by atoms with Gasteiger partial charge in [-0.15, -0.1) is 11.3 Å². The number of benzene rings is 1. The fraction of sp³-hybridized carbons (Fsp3) is 0.182. The zero-order valence-electron chi connectivity index (χ0n) is 16.5. The number of hydrogen-bond donors (Lipinski definition) is 0. The third-order valence-electron chi connectivity index (χ3n) is 4.65. The smallest absolute Gasteiger partial charge is 0.241 e. The average molecular weight is 404 g/mol. The number of aromatic nitrogens is 3. The predicted octanol–water partition coefficient (Wildman–Crippen LogP) is 3.94. The number of hydrogen-bond acceptors (Lipinski definition) is 6. The molecule has 0 radical (unpaired) electrons. The van der Waals surface area contributed by atoms with Crippen molar-refractivity contribution in [2.24, 2.45) is 0 Å². The van der Waals surface area contributed by atoms with Gasteiger partial charge in [-0.1, -0.05) is 30.3 Å². The lowest BCUT2D eigenvalue weighted by molar-refractivity contribution is -0.127. The van der Waals surface area contributed by atoms with E-state index in [-0.39, 0.29) is 12.5 Å². The van der Waals surface area contributed by atoms with Crippen molar-refractivity contribution in [3.63, 3.8) is 0 Å². The molecule has 3 aromatic heterocycles. The van der Waals surface area contributed by atoms with Gasteiger partial charge >= 0.3 is 0 Å². The van der Waals surface area contributed by atoms with Crippen molar-refractivity contribution in [3.8, 4) is 22.5 Å². The van der Waals surface area contributed by atoms with E-state index >= 15 is 0 Å². The first-order valence-electron chi connectivity index (χ1n) is 9.21. The minimum Gasteiger partial charge on any atom is -0.350 e. The van der Waals surface area contributed by atoms with E-state index in [1.54, 1.807) is 42.7 Å². The SMILES string of the molecule is CN(C)C(=O)CN(C)c1nc(-c2cccnc2)nc2scc(-c3ccccc3)c12. The highest BCUT2D eigenvalue weighted by Crippen LogP contribution is 2.39. The predicted molar refractivity (Wildman–Crippen MR) is 118 cm³/mol. The van der Waals surface area contributed by atoms with Crippen LogP contribution in [0.2, 0.25) is 0 Å². The zero-order valence-corrected chi connectivity index (χ0v) is 17.3. The van der Waals surface area contributed by atoms with Gasteiger partial charge in [0.05, 0.1) is 11.9 Å². The topological polar surface area (TPSA) is 62.2 Å². The number of pyridine rings is 1. The Bertz CT molecular complexity index is 1140. The zero-order chi connectivity index (χ0) is 20.4. The van der Waals surface area contributed by atoms with Crippen LogP contribution in [0.4, 0.5) is 5.82 Å². The largest absolute Gasteiger partial charge is 0.350 e. The molecule has 0 saturated carbocycles. The van der Waals surface area contributed by atoms with E-state index in [1.165, 1.54) is 0 Å². The number of rotatable bonds is 5. The normalized spacial score (nSPS) is 10.9. The van der Waals surface area contributed by atoms with Crippen LogP contribution in [0, 0.1) is 0 Å². The molecular formula is C22H21N5OS. The van der Waals surface area contributed by atoms with Gasteiger partial charge in [-0.2, -0.15) is 0 Å². The van der Waals surface area contributed by atoms with Crippen LogP contribution in [0.3, 0.4) is 0 Å². The van der Waals surface area contributed by atoms with Crippen LogP contribution in [-0.2, 0) is 4.79 Å². The Morgan fingerprint density at radius 3 is 2.45 bits per heavy atom. The summed E-state index contributed by atoms with van der Waals surface area (Å²) in [6.45, 7) is 0.232. The van der Waals surface area contributed by atoms with Gasteiger partial charge in [0.15, 0.2) is 5.82 Å². The number of thiophene rings is 1. The Kier molecular flexibility index (Phi) is 5.22. The first kappa shape index (κ1) is 19.0. The van der Waals surface area contributed by atoms with Gasteiger partial charge in [0.1, 0.15) is 10.6 Å². The fourth-order valence-electron chi connectivity index (χ4n) is 3.07. The molecule has 0 aliphatic carbocycles. The maximum Gasteiger partial charge on any atom is 0.241 e. The Labute approximate surface area is 173 Å². The lowest BCUT2D eigenvalue weighted by atomic mass is 10.1. The van der Waals surface area contributed by atoms with Gasteiger partial charge in [0, 0.05) is 50.0 Å². The molecule has 3 heterocycles. The van der Waals surface area contributed by atoms with Gasteiger partial charge in [-0.05, 0) is 17.7 Å². The highest BCUT2D eigenvalue weighted by molar-refractivity contribution is 7.17. The molecule has 29 heavy (non-hydrogen) atoms. The summed E-state index contributed by atoms with van der Waals surface area (Å²) in [5, 5.41) is 3.06. The van der Waals surface area contributed by atoms with Crippen LogP contribution >= 0.6 is 11.3 Å². The summed E-state index contributed by atoms with van der Waals surface area (Å²) >= 11 is 1.58. The third-order valence-corrected chi connectivity index (χ3v) is 5.52. The van der Waals surface area contributed by atoms with Crippen LogP contribution in [0.15, 0.2) is 60.2 Å². The third kappa shape index (κ3) is 3.82. The first-order chi connectivity index (χ1) is 14.0. The highest BCUT2D eigenvalue weighted by Gasteiger charge is 2.20. The molecule has 0 spiro atoms. The molecule has 0 saturated heterocycles. The van der Waals surface area contributed by atoms with Crippen LogP contribution in [0.25, 0.3) is 32.7 Å². The second kappa shape index (κ2) is 7.97. The Morgan fingerprint density at radius 1 is 1.00 bits per heavy atom. The van der Waals surface area contributed by atoms with Gasteiger partial charge in [0.25, 0.3) is 0 Å². The maximum absolute atomic E-state index is 12.3. The first-order valence-corrected chi connectivity index (χ1v) is 10.1. The van der Waals surface area contributed by atoms with Crippen LogP contribution in [0.5, 0.6) is 0 Å². The summed E-state index contributed by atoms with van der Waals surface area (Å²) in [6.07, 6.45) is 3.48. The second-order valence-corrected chi connectivity index (χ2v) is 7.81. The van der Waals surface area contributed by atoms with Crippen molar-refractivity contribution in [3.05, 3.63) is 60.2 Å². The molecule has 0 bridgehead atoms. The van der Waals surface area contributed by atoms with Crippen molar-refractivity contribution >= 4 is 33.3 Å². The number of likely N-dealkylation sites (N-methyl/N-ethyl adjacent to an activating group) is 2. The molecule has 0 fully saturated rings. The number of anilines is 1. The molecule has 4 aromatic rings. The molecule has 0 atom stereocenters. The van der Waals surface area contributed by atoms with Gasteiger partial charge in [0.2, 0.25) is 5.91 Å². The molecule has 0 aliphatic heterocycles. The van der Waals surface area contributed by atoms with Crippen molar-refractivity contribution < 1.29 is 4.79 Å². The Hall–Kier alpha value is -3.32. The van der Waals surface area contributed by atoms with Gasteiger partial charge < -0.3 is 9.80 Å². The monoisotopic (exact) mass is 403 g/mol.